The van der Waals surface area contributed by atoms with Gasteiger partial charge < -0.3 is 14.9 Å². The van der Waals surface area contributed by atoms with Gasteiger partial charge in [-0.2, -0.15) is 0 Å². The van der Waals surface area contributed by atoms with Gasteiger partial charge in [-0.3, -0.25) is 9.59 Å². The van der Waals surface area contributed by atoms with Crippen LogP contribution in [-0.2, 0) is 9.59 Å². The predicted octanol–water partition coefficient (Wildman–Crippen LogP) is 2.16. The van der Waals surface area contributed by atoms with Crippen molar-refractivity contribution in [1.29, 1.82) is 0 Å². The fourth-order valence-electron chi connectivity index (χ4n) is 4.71. The number of hydrogen-bond donors (Lipinski definition) is 1. The predicted molar refractivity (Wildman–Crippen MR) is 98.5 cm³/mol. The summed E-state index contributed by atoms with van der Waals surface area (Å²) < 4.78 is 0. The first-order chi connectivity index (χ1) is 12.6. The van der Waals surface area contributed by atoms with E-state index in [4.69, 9.17) is 5.11 Å². The first kappa shape index (κ1) is 17.5. The normalized spacial score (nSPS) is 25.6. The molecule has 2 amide bonds. The van der Waals surface area contributed by atoms with Crippen molar-refractivity contribution in [3.63, 3.8) is 0 Å². The van der Waals surface area contributed by atoms with Gasteiger partial charge in [0.1, 0.15) is 0 Å². The molecule has 2 aliphatic heterocycles. The van der Waals surface area contributed by atoms with Gasteiger partial charge in [-0.1, -0.05) is 30.3 Å². The molecular formula is C21H28N2O3. The fraction of sp³-hybridized carbons (Fsp3) is 0.619. The van der Waals surface area contributed by atoms with Gasteiger partial charge in [-0.15, -0.1) is 0 Å². The van der Waals surface area contributed by atoms with E-state index >= 15 is 0 Å². The second kappa shape index (κ2) is 7.03. The minimum absolute atomic E-state index is 0.0490. The van der Waals surface area contributed by atoms with Crippen molar-refractivity contribution in [3.8, 4) is 0 Å². The van der Waals surface area contributed by atoms with Crippen LogP contribution in [-0.4, -0.2) is 59.0 Å². The Labute approximate surface area is 155 Å². The second-order valence-corrected chi connectivity index (χ2v) is 8.22. The van der Waals surface area contributed by atoms with E-state index in [0.717, 1.165) is 57.3 Å². The smallest absolute Gasteiger partial charge is 0.230 e. The number of nitrogens with zero attached hydrogens (tertiary/aromatic N) is 2. The number of benzene rings is 1. The van der Waals surface area contributed by atoms with E-state index in [-0.39, 0.29) is 30.3 Å². The molecule has 4 rings (SSSR count). The largest absolute Gasteiger partial charge is 0.396 e. The molecule has 5 nitrogen and oxygen atoms in total. The number of carbonyl (C=O) groups is 2. The molecule has 0 unspecified atom stereocenters. The number of hydrogen-bond acceptors (Lipinski definition) is 3. The summed E-state index contributed by atoms with van der Waals surface area (Å²) in [6, 6.07) is 10.6. The maximum atomic E-state index is 13.1. The van der Waals surface area contributed by atoms with Crippen LogP contribution in [0.4, 0.5) is 0 Å². The third-order valence-corrected chi connectivity index (χ3v) is 6.42. The molecule has 2 saturated heterocycles. The standard InChI is InChI=1S/C21H28N2O3/c24-13-8-19(25)22-11-9-21(10-12-22)14-18(16-4-2-1-3-5-16)20(26)23(15-21)17-6-7-17/h1-5,17-18,24H,6-15H2/t18-/m1/s1. The molecule has 3 aliphatic rings. The maximum Gasteiger partial charge on any atom is 0.230 e. The van der Waals surface area contributed by atoms with Gasteiger partial charge in [0.25, 0.3) is 0 Å². The molecule has 140 valence electrons. The van der Waals surface area contributed by atoms with Gasteiger partial charge in [-0.25, -0.2) is 0 Å². The maximum absolute atomic E-state index is 13.1. The van der Waals surface area contributed by atoms with Gasteiger partial charge in [-0.05, 0) is 43.1 Å². The Kier molecular flexibility index (Phi) is 4.74. The van der Waals surface area contributed by atoms with Gasteiger partial charge in [0.05, 0.1) is 12.5 Å². The summed E-state index contributed by atoms with van der Waals surface area (Å²) in [5.41, 5.74) is 1.24. The van der Waals surface area contributed by atoms with Crippen molar-refractivity contribution in [2.24, 2.45) is 5.41 Å². The molecule has 1 atom stereocenters. The number of aliphatic hydroxyl groups excluding tert-OH is 1. The van der Waals surface area contributed by atoms with Crippen LogP contribution in [0.5, 0.6) is 0 Å². The van der Waals surface area contributed by atoms with Crippen LogP contribution in [0.2, 0.25) is 0 Å². The van der Waals surface area contributed by atoms with E-state index in [2.05, 4.69) is 17.0 Å². The molecule has 1 aromatic rings. The molecule has 1 spiro atoms. The van der Waals surface area contributed by atoms with E-state index in [9.17, 15) is 9.59 Å². The van der Waals surface area contributed by atoms with Crippen LogP contribution in [0, 0.1) is 5.41 Å². The van der Waals surface area contributed by atoms with Crippen LogP contribution in [0.15, 0.2) is 30.3 Å². The SMILES string of the molecule is O=C(CCO)N1CCC2(CC1)C[C@H](c1ccccc1)C(=O)N(C1CC1)C2. The fourth-order valence-corrected chi connectivity index (χ4v) is 4.71. The van der Waals surface area contributed by atoms with Gasteiger partial charge in [0, 0.05) is 32.1 Å². The zero-order valence-electron chi connectivity index (χ0n) is 15.3. The van der Waals surface area contributed by atoms with Crippen LogP contribution in [0.3, 0.4) is 0 Å². The zero-order valence-corrected chi connectivity index (χ0v) is 15.3. The Morgan fingerprint density at radius 3 is 2.46 bits per heavy atom. The van der Waals surface area contributed by atoms with Crippen molar-refractivity contribution in [1.82, 2.24) is 9.80 Å². The quantitative estimate of drug-likeness (QED) is 0.899. The lowest BCUT2D eigenvalue weighted by Crippen LogP contribution is -2.55. The molecular weight excluding hydrogens is 328 g/mol. The molecule has 2 heterocycles. The molecule has 26 heavy (non-hydrogen) atoms. The monoisotopic (exact) mass is 356 g/mol. The summed E-state index contributed by atoms with van der Waals surface area (Å²) in [5.74, 6) is 0.293. The molecule has 0 aromatic heterocycles. The van der Waals surface area contributed by atoms with Crippen molar-refractivity contribution < 1.29 is 14.7 Å². The summed E-state index contributed by atoms with van der Waals surface area (Å²) in [5, 5.41) is 9.01. The molecule has 5 heteroatoms. The Morgan fingerprint density at radius 1 is 1.15 bits per heavy atom. The summed E-state index contributed by atoms with van der Waals surface area (Å²) in [6.07, 6.45) is 5.26. The Morgan fingerprint density at radius 2 is 1.85 bits per heavy atom. The average Bonchev–Trinajstić information content (AvgIpc) is 3.50. The van der Waals surface area contributed by atoms with E-state index in [1.165, 1.54) is 0 Å². The highest BCUT2D eigenvalue weighted by molar-refractivity contribution is 5.85. The minimum Gasteiger partial charge on any atom is -0.396 e. The third-order valence-electron chi connectivity index (χ3n) is 6.42. The molecule has 0 radical (unpaired) electrons. The summed E-state index contributed by atoms with van der Waals surface area (Å²) in [4.78, 5) is 29.2. The second-order valence-electron chi connectivity index (χ2n) is 8.22. The molecule has 0 bridgehead atoms. The van der Waals surface area contributed by atoms with Crippen molar-refractivity contribution in [3.05, 3.63) is 35.9 Å². The number of amides is 2. The summed E-state index contributed by atoms with van der Waals surface area (Å²) in [7, 11) is 0. The Bertz CT molecular complexity index is 663. The first-order valence-electron chi connectivity index (χ1n) is 9.86. The molecule has 1 aliphatic carbocycles. The van der Waals surface area contributed by atoms with E-state index < -0.39 is 0 Å². The number of piperidine rings is 2. The lowest BCUT2D eigenvalue weighted by atomic mass is 9.67. The number of aliphatic hydroxyl groups is 1. The number of likely N-dealkylation sites (tertiary alicyclic amines) is 2. The molecule has 1 aromatic carbocycles. The zero-order chi connectivity index (χ0) is 18.1. The average molecular weight is 356 g/mol. The van der Waals surface area contributed by atoms with Crippen LogP contribution in [0.1, 0.15) is 50.0 Å². The minimum atomic E-state index is -0.0828. The van der Waals surface area contributed by atoms with E-state index in [0.29, 0.717) is 11.9 Å². The Balaban J connectivity index is 1.53. The number of carbonyl (C=O) groups excluding carboxylic acids is 2. The summed E-state index contributed by atoms with van der Waals surface area (Å²) >= 11 is 0. The lowest BCUT2D eigenvalue weighted by molar-refractivity contribution is -0.145. The highest BCUT2D eigenvalue weighted by atomic mass is 16.3. The highest BCUT2D eigenvalue weighted by Gasteiger charge is 2.49. The molecule has 3 fully saturated rings. The van der Waals surface area contributed by atoms with E-state index in [1.807, 2.05) is 23.1 Å². The molecule has 1 saturated carbocycles. The Hall–Kier alpha value is -1.88. The highest BCUT2D eigenvalue weighted by Crippen LogP contribution is 2.48. The third kappa shape index (κ3) is 3.37. The van der Waals surface area contributed by atoms with Gasteiger partial charge in [0.15, 0.2) is 0 Å². The van der Waals surface area contributed by atoms with Gasteiger partial charge in [0.2, 0.25) is 11.8 Å². The van der Waals surface area contributed by atoms with E-state index in [1.54, 1.807) is 0 Å². The number of rotatable bonds is 4. The van der Waals surface area contributed by atoms with Crippen LogP contribution in [0.25, 0.3) is 0 Å². The van der Waals surface area contributed by atoms with Gasteiger partial charge >= 0.3 is 0 Å². The van der Waals surface area contributed by atoms with Crippen molar-refractivity contribution in [2.45, 2.75) is 50.5 Å². The lowest BCUT2D eigenvalue weighted by Gasteiger charge is -2.50. The molecule has 1 N–H and O–H groups in total. The van der Waals surface area contributed by atoms with Crippen LogP contribution >= 0.6 is 0 Å². The first-order valence-corrected chi connectivity index (χ1v) is 9.86. The van der Waals surface area contributed by atoms with Crippen molar-refractivity contribution in [2.75, 3.05) is 26.2 Å². The summed E-state index contributed by atoms with van der Waals surface area (Å²) in [6.45, 7) is 2.25. The van der Waals surface area contributed by atoms with Crippen molar-refractivity contribution >= 4 is 11.8 Å². The topological polar surface area (TPSA) is 60.9 Å². The van der Waals surface area contributed by atoms with Crippen LogP contribution < -0.4 is 0 Å².